The van der Waals surface area contributed by atoms with Gasteiger partial charge in [-0.05, 0) is 69.1 Å². The summed E-state index contributed by atoms with van der Waals surface area (Å²) in [4.78, 5) is 10.4. The number of benzene rings is 7. The monoisotopic (exact) mass is 562 g/mol. The summed E-state index contributed by atoms with van der Waals surface area (Å²) in [6, 6.07) is 46.1. The van der Waals surface area contributed by atoms with Crippen molar-refractivity contribution in [1.29, 1.82) is 0 Å². The molecule has 7 aromatic carbocycles. The van der Waals surface area contributed by atoms with E-state index in [4.69, 9.17) is 18.8 Å². The van der Waals surface area contributed by atoms with E-state index in [9.17, 15) is 0 Å². The number of fused-ring (bicyclic) bond motifs is 6. The van der Waals surface area contributed by atoms with Crippen LogP contribution in [-0.2, 0) is 0 Å². The average molecular weight is 563 g/mol. The van der Waals surface area contributed by atoms with Crippen LogP contribution in [0.15, 0.2) is 142 Å². The molecule has 3 aromatic heterocycles. The second-order valence-corrected chi connectivity index (χ2v) is 11.3. The van der Waals surface area contributed by atoms with Gasteiger partial charge in [0.05, 0.1) is 0 Å². The third-order valence-electron chi connectivity index (χ3n) is 8.84. The number of hydrogen-bond acceptors (Lipinski definition) is 4. The average Bonchev–Trinajstić information content (AvgIpc) is 3.67. The van der Waals surface area contributed by atoms with Crippen molar-refractivity contribution in [3.8, 4) is 33.8 Å². The Hall–Kier alpha value is -6.00. The number of rotatable bonds is 3. The first-order chi connectivity index (χ1) is 21.8. The summed E-state index contributed by atoms with van der Waals surface area (Å²) in [5.41, 5.74) is 9.12. The summed E-state index contributed by atoms with van der Waals surface area (Å²) in [5.74, 6) is 0.662. The lowest BCUT2D eigenvalue weighted by molar-refractivity contribution is 0.667. The fraction of sp³-hybridized carbons (Fsp3) is 0. The molecular weight excluding hydrogens is 540 g/mol. The van der Waals surface area contributed by atoms with Crippen LogP contribution in [0.4, 0.5) is 0 Å². The van der Waals surface area contributed by atoms with Crippen LogP contribution in [-0.4, -0.2) is 9.97 Å². The van der Waals surface area contributed by atoms with Crippen LogP contribution < -0.4 is 0 Å². The molecule has 204 valence electrons. The topological polar surface area (TPSA) is 52.1 Å². The van der Waals surface area contributed by atoms with Crippen molar-refractivity contribution >= 4 is 65.6 Å². The van der Waals surface area contributed by atoms with Gasteiger partial charge in [0.25, 0.3) is 0 Å². The molecule has 4 heteroatoms. The summed E-state index contributed by atoms with van der Waals surface area (Å²) in [5, 5.41) is 8.03. The normalized spacial score (nSPS) is 12.1. The maximum atomic E-state index is 6.43. The largest absolute Gasteiger partial charge is 0.456 e. The first-order valence-corrected chi connectivity index (χ1v) is 14.7. The Balaban J connectivity index is 1.26. The number of para-hydroxylation sites is 1. The van der Waals surface area contributed by atoms with Crippen molar-refractivity contribution in [3.63, 3.8) is 0 Å². The van der Waals surface area contributed by atoms with E-state index in [1.807, 2.05) is 30.3 Å². The van der Waals surface area contributed by atoms with Crippen LogP contribution in [0.2, 0.25) is 0 Å². The lowest BCUT2D eigenvalue weighted by atomic mass is 9.93. The Kier molecular flexibility index (Phi) is 4.69. The fourth-order valence-corrected chi connectivity index (χ4v) is 6.85. The Morgan fingerprint density at radius 2 is 1.05 bits per heavy atom. The van der Waals surface area contributed by atoms with Gasteiger partial charge in [-0.25, -0.2) is 9.97 Å². The van der Waals surface area contributed by atoms with Crippen LogP contribution >= 0.6 is 0 Å². The van der Waals surface area contributed by atoms with Gasteiger partial charge in [-0.3, -0.25) is 0 Å². The van der Waals surface area contributed by atoms with Crippen molar-refractivity contribution in [2.24, 2.45) is 0 Å². The molecule has 0 spiro atoms. The molecule has 0 aliphatic heterocycles. The number of furan rings is 2. The zero-order chi connectivity index (χ0) is 28.8. The van der Waals surface area contributed by atoms with Crippen LogP contribution in [0.3, 0.4) is 0 Å². The molecule has 3 heterocycles. The Bertz CT molecular complexity index is 2720. The molecule has 0 unspecified atom stereocenters. The summed E-state index contributed by atoms with van der Waals surface area (Å²) in [6.45, 7) is 0. The van der Waals surface area contributed by atoms with Gasteiger partial charge < -0.3 is 8.83 Å². The molecule has 0 saturated carbocycles. The molecule has 0 radical (unpaired) electrons. The minimum Gasteiger partial charge on any atom is -0.456 e. The smallest absolute Gasteiger partial charge is 0.180 e. The van der Waals surface area contributed by atoms with Crippen molar-refractivity contribution in [2.45, 2.75) is 0 Å². The summed E-state index contributed by atoms with van der Waals surface area (Å²) < 4.78 is 12.7. The number of hydrogen-bond donors (Lipinski definition) is 0. The second-order valence-electron chi connectivity index (χ2n) is 11.3. The molecule has 0 atom stereocenters. The van der Waals surface area contributed by atoms with Gasteiger partial charge >= 0.3 is 0 Å². The Morgan fingerprint density at radius 3 is 1.89 bits per heavy atom. The fourth-order valence-electron chi connectivity index (χ4n) is 6.85. The van der Waals surface area contributed by atoms with E-state index in [0.717, 1.165) is 61.0 Å². The zero-order valence-electron chi connectivity index (χ0n) is 23.4. The predicted octanol–water partition coefficient (Wildman–Crippen LogP) is 11.0. The van der Waals surface area contributed by atoms with Gasteiger partial charge in [0.2, 0.25) is 0 Å². The van der Waals surface area contributed by atoms with Crippen LogP contribution in [0.25, 0.3) is 99.3 Å². The Morgan fingerprint density at radius 1 is 0.386 bits per heavy atom. The summed E-state index contributed by atoms with van der Waals surface area (Å²) >= 11 is 0. The minimum atomic E-state index is 0.662. The highest BCUT2D eigenvalue weighted by atomic mass is 16.3. The van der Waals surface area contributed by atoms with Gasteiger partial charge in [0.1, 0.15) is 28.0 Å². The third kappa shape index (κ3) is 3.28. The molecule has 0 bridgehead atoms. The van der Waals surface area contributed by atoms with Crippen molar-refractivity contribution < 1.29 is 8.83 Å². The standard InChI is InChI=1S/C40H22N2O2/c1-2-9-23(10-3-1)24-11-6-12-25(21-24)37-39-38(30-13-4-5-16-32(30)44-39)42-40(41-37)26-19-20-27-28-14-7-17-33-35(28)36-29(31(27)22-26)15-8-18-34(36)43-33/h1-22H. The molecule has 44 heavy (non-hydrogen) atoms. The van der Waals surface area contributed by atoms with Gasteiger partial charge in [0, 0.05) is 27.3 Å². The molecule has 0 saturated heterocycles. The lowest BCUT2D eigenvalue weighted by Crippen LogP contribution is -1.94. The molecule has 0 aliphatic rings. The van der Waals surface area contributed by atoms with E-state index in [0.29, 0.717) is 11.4 Å². The lowest BCUT2D eigenvalue weighted by Gasteiger charge is -2.11. The molecule has 0 N–H and O–H groups in total. The quantitative estimate of drug-likeness (QED) is 0.201. The van der Waals surface area contributed by atoms with Gasteiger partial charge in [-0.2, -0.15) is 0 Å². The van der Waals surface area contributed by atoms with Gasteiger partial charge in [-0.1, -0.05) is 97.1 Å². The van der Waals surface area contributed by atoms with Gasteiger partial charge in [-0.15, -0.1) is 0 Å². The van der Waals surface area contributed by atoms with Crippen LogP contribution in [0.5, 0.6) is 0 Å². The van der Waals surface area contributed by atoms with Crippen molar-refractivity contribution in [3.05, 3.63) is 133 Å². The third-order valence-corrected chi connectivity index (χ3v) is 8.84. The molecule has 10 aromatic rings. The first-order valence-electron chi connectivity index (χ1n) is 14.7. The van der Waals surface area contributed by atoms with Crippen molar-refractivity contribution in [2.75, 3.05) is 0 Å². The molecule has 0 amide bonds. The SMILES string of the molecule is c1ccc(-c2cccc(-c3nc(-c4ccc5c(c4)c4cccc6oc7cccc5c7c64)nc4c3oc3ccccc34)c2)cc1. The van der Waals surface area contributed by atoms with Crippen molar-refractivity contribution in [1.82, 2.24) is 9.97 Å². The minimum absolute atomic E-state index is 0.662. The maximum Gasteiger partial charge on any atom is 0.180 e. The van der Waals surface area contributed by atoms with E-state index >= 15 is 0 Å². The van der Waals surface area contributed by atoms with Gasteiger partial charge in [0.15, 0.2) is 11.4 Å². The van der Waals surface area contributed by atoms with Crippen LogP contribution in [0.1, 0.15) is 0 Å². The van der Waals surface area contributed by atoms with E-state index < -0.39 is 0 Å². The van der Waals surface area contributed by atoms with E-state index in [1.165, 1.54) is 26.9 Å². The number of nitrogens with zero attached hydrogens (tertiary/aromatic N) is 2. The molecule has 4 nitrogen and oxygen atoms in total. The molecule has 10 rings (SSSR count). The zero-order valence-corrected chi connectivity index (χ0v) is 23.4. The highest BCUT2D eigenvalue weighted by molar-refractivity contribution is 6.33. The highest BCUT2D eigenvalue weighted by Crippen LogP contribution is 2.43. The summed E-state index contributed by atoms with van der Waals surface area (Å²) in [6.07, 6.45) is 0. The second kappa shape index (κ2) is 8.76. The van der Waals surface area contributed by atoms with E-state index in [-0.39, 0.29) is 0 Å². The predicted molar refractivity (Wildman–Crippen MR) is 179 cm³/mol. The molecular formula is C40H22N2O2. The summed E-state index contributed by atoms with van der Waals surface area (Å²) in [7, 11) is 0. The Labute approximate surface area is 251 Å². The highest BCUT2D eigenvalue weighted by Gasteiger charge is 2.20. The van der Waals surface area contributed by atoms with Crippen LogP contribution in [0, 0.1) is 0 Å². The van der Waals surface area contributed by atoms with E-state index in [1.54, 1.807) is 0 Å². The molecule has 0 aliphatic carbocycles. The number of aromatic nitrogens is 2. The first kappa shape index (κ1) is 23.6. The molecule has 0 fully saturated rings. The maximum absolute atomic E-state index is 6.43. The van der Waals surface area contributed by atoms with E-state index in [2.05, 4.69) is 103 Å².